The second-order valence-electron chi connectivity index (χ2n) is 9.39. The monoisotopic (exact) mass is 560 g/mol. The standard InChI is InChI=1S/C29H29FN6O3S/c1-29(2,20-7-14-24(37-3)25(17-20)38-4)26-18-31-28(36(26)22-10-8-21(30)9-11-22)40-16-15-39-23-12-5-19(6-13-23)27-32-34-35-33-27/h5-14,17-18H,15-16H2,1-4H3,(H,32,33,34,35). The van der Waals surface area contributed by atoms with Gasteiger partial charge in [-0.25, -0.2) is 9.37 Å². The molecule has 11 heteroatoms. The number of thioether (sulfide) groups is 1. The summed E-state index contributed by atoms with van der Waals surface area (Å²) in [5, 5.41) is 14.8. The van der Waals surface area contributed by atoms with Crippen LogP contribution < -0.4 is 14.2 Å². The third-order valence-corrected chi connectivity index (χ3v) is 7.52. The van der Waals surface area contributed by atoms with E-state index < -0.39 is 5.41 Å². The van der Waals surface area contributed by atoms with E-state index in [2.05, 4.69) is 39.0 Å². The van der Waals surface area contributed by atoms with Gasteiger partial charge in [0, 0.05) is 22.4 Å². The Morgan fingerprint density at radius 1 is 0.950 bits per heavy atom. The van der Waals surface area contributed by atoms with E-state index in [1.165, 1.54) is 12.1 Å². The van der Waals surface area contributed by atoms with E-state index in [1.54, 1.807) is 38.1 Å². The minimum Gasteiger partial charge on any atom is -0.493 e. The van der Waals surface area contributed by atoms with E-state index in [0.717, 1.165) is 33.4 Å². The fourth-order valence-electron chi connectivity index (χ4n) is 4.37. The van der Waals surface area contributed by atoms with Crippen molar-refractivity contribution in [3.05, 3.63) is 90.0 Å². The first-order chi connectivity index (χ1) is 19.4. The zero-order valence-electron chi connectivity index (χ0n) is 22.6. The van der Waals surface area contributed by atoms with Crippen LogP contribution in [0.15, 0.2) is 78.1 Å². The number of tetrazole rings is 1. The fraction of sp³-hybridized carbons (Fsp3) is 0.241. The molecule has 206 valence electrons. The number of nitrogens with zero attached hydrogens (tertiary/aromatic N) is 5. The molecule has 2 aromatic heterocycles. The molecule has 0 atom stereocenters. The number of aromatic amines is 1. The maximum atomic E-state index is 13.8. The van der Waals surface area contributed by atoms with E-state index in [0.29, 0.717) is 29.7 Å². The number of hydrogen-bond donors (Lipinski definition) is 1. The molecule has 5 aromatic rings. The van der Waals surface area contributed by atoms with Crippen molar-refractivity contribution in [2.45, 2.75) is 24.4 Å². The van der Waals surface area contributed by atoms with Crippen molar-refractivity contribution in [3.63, 3.8) is 0 Å². The van der Waals surface area contributed by atoms with Gasteiger partial charge in [0.1, 0.15) is 11.6 Å². The van der Waals surface area contributed by atoms with Crippen LogP contribution in [0.5, 0.6) is 17.2 Å². The minimum absolute atomic E-state index is 0.294. The number of aromatic nitrogens is 6. The van der Waals surface area contributed by atoms with Crippen LogP contribution in [0, 0.1) is 5.82 Å². The van der Waals surface area contributed by atoms with Gasteiger partial charge in [0.05, 0.1) is 32.7 Å². The normalized spacial score (nSPS) is 11.4. The zero-order chi connectivity index (χ0) is 28.1. The molecule has 0 radical (unpaired) electrons. The lowest BCUT2D eigenvalue weighted by molar-refractivity contribution is 0.344. The lowest BCUT2D eigenvalue weighted by Crippen LogP contribution is -2.23. The van der Waals surface area contributed by atoms with E-state index in [-0.39, 0.29) is 5.82 Å². The van der Waals surface area contributed by atoms with Crippen LogP contribution in [0.25, 0.3) is 17.1 Å². The Labute approximate surface area is 235 Å². The molecule has 0 unspecified atom stereocenters. The summed E-state index contributed by atoms with van der Waals surface area (Å²) in [4.78, 5) is 4.77. The third-order valence-electron chi connectivity index (χ3n) is 6.60. The molecule has 40 heavy (non-hydrogen) atoms. The van der Waals surface area contributed by atoms with Crippen molar-refractivity contribution >= 4 is 11.8 Å². The topological polar surface area (TPSA) is 100.0 Å². The smallest absolute Gasteiger partial charge is 0.204 e. The van der Waals surface area contributed by atoms with Crippen molar-refractivity contribution in [2.24, 2.45) is 0 Å². The highest BCUT2D eigenvalue weighted by atomic mass is 32.2. The Morgan fingerprint density at radius 2 is 1.70 bits per heavy atom. The van der Waals surface area contributed by atoms with Gasteiger partial charge in [-0.15, -0.1) is 10.2 Å². The first-order valence-electron chi connectivity index (χ1n) is 12.6. The van der Waals surface area contributed by atoms with Crippen LogP contribution in [0.2, 0.25) is 0 Å². The van der Waals surface area contributed by atoms with Gasteiger partial charge in [0.15, 0.2) is 16.7 Å². The van der Waals surface area contributed by atoms with Crippen LogP contribution in [-0.4, -0.2) is 56.8 Å². The van der Waals surface area contributed by atoms with Crippen LogP contribution in [0.3, 0.4) is 0 Å². The molecule has 1 N–H and O–H groups in total. The summed E-state index contributed by atoms with van der Waals surface area (Å²) in [6.45, 7) is 4.72. The Hall–Kier alpha value is -4.38. The predicted octanol–water partition coefficient (Wildman–Crippen LogP) is 5.71. The molecule has 0 spiro atoms. The van der Waals surface area contributed by atoms with E-state index >= 15 is 0 Å². The van der Waals surface area contributed by atoms with Gasteiger partial charge in [0.25, 0.3) is 0 Å². The number of H-pyrrole nitrogens is 1. The largest absolute Gasteiger partial charge is 0.493 e. The molecule has 0 bridgehead atoms. The second kappa shape index (κ2) is 11.8. The summed E-state index contributed by atoms with van der Waals surface area (Å²) in [5.41, 5.74) is 3.19. The average molecular weight is 561 g/mol. The summed E-state index contributed by atoms with van der Waals surface area (Å²) in [7, 11) is 3.24. The van der Waals surface area contributed by atoms with Gasteiger partial charge < -0.3 is 14.2 Å². The van der Waals surface area contributed by atoms with Gasteiger partial charge in [-0.2, -0.15) is 5.21 Å². The summed E-state index contributed by atoms with van der Waals surface area (Å²) < 4.78 is 32.8. The van der Waals surface area contributed by atoms with Crippen LogP contribution in [0.1, 0.15) is 25.1 Å². The van der Waals surface area contributed by atoms with Gasteiger partial charge in [0.2, 0.25) is 5.82 Å². The summed E-state index contributed by atoms with van der Waals surface area (Å²) in [6.07, 6.45) is 1.87. The van der Waals surface area contributed by atoms with Gasteiger partial charge in [-0.1, -0.05) is 31.7 Å². The first kappa shape index (κ1) is 27.2. The number of ether oxygens (including phenoxy) is 3. The average Bonchev–Trinajstić information content (AvgIpc) is 3.67. The van der Waals surface area contributed by atoms with Crippen molar-refractivity contribution < 1.29 is 18.6 Å². The Kier molecular flexibility index (Phi) is 8.01. The molecule has 0 aliphatic heterocycles. The van der Waals surface area contributed by atoms with Crippen LogP contribution >= 0.6 is 11.8 Å². The lowest BCUT2D eigenvalue weighted by Gasteiger charge is -2.28. The maximum Gasteiger partial charge on any atom is 0.204 e. The molecule has 0 aliphatic rings. The lowest BCUT2D eigenvalue weighted by atomic mass is 9.81. The molecule has 0 saturated carbocycles. The highest BCUT2D eigenvalue weighted by molar-refractivity contribution is 7.99. The fourth-order valence-corrected chi connectivity index (χ4v) is 5.18. The van der Waals surface area contributed by atoms with E-state index in [1.807, 2.05) is 48.7 Å². The summed E-state index contributed by atoms with van der Waals surface area (Å²) >= 11 is 1.57. The second-order valence-corrected chi connectivity index (χ2v) is 10.5. The zero-order valence-corrected chi connectivity index (χ0v) is 23.4. The predicted molar refractivity (Wildman–Crippen MR) is 151 cm³/mol. The minimum atomic E-state index is -0.462. The maximum absolute atomic E-state index is 13.8. The van der Waals surface area contributed by atoms with Gasteiger partial charge >= 0.3 is 0 Å². The van der Waals surface area contributed by atoms with Gasteiger partial charge in [-0.05, 0) is 71.4 Å². The van der Waals surface area contributed by atoms with Crippen molar-refractivity contribution in [3.8, 4) is 34.3 Å². The van der Waals surface area contributed by atoms with Crippen molar-refractivity contribution in [1.82, 2.24) is 30.2 Å². The van der Waals surface area contributed by atoms with E-state index in [9.17, 15) is 4.39 Å². The molecule has 2 heterocycles. The molecule has 0 fully saturated rings. The summed E-state index contributed by atoms with van der Waals surface area (Å²) in [6, 6.07) is 19.9. The number of nitrogens with one attached hydrogen (secondary N) is 1. The number of methoxy groups -OCH3 is 2. The molecule has 3 aromatic carbocycles. The van der Waals surface area contributed by atoms with Gasteiger partial charge in [-0.3, -0.25) is 4.57 Å². The molecule has 0 aliphatic carbocycles. The van der Waals surface area contributed by atoms with E-state index in [4.69, 9.17) is 19.2 Å². The highest BCUT2D eigenvalue weighted by Crippen LogP contribution is 2.39. The Balaban J connectivity index is 1.36. The number of rotatable bonds is 11. The van der Waals surface area contributed by atoms with Crippen LogP contribution in [0.4, 0.5) is 4.39 Å². The molecule has 0 saturated heterocycles. The van der Waals surface area contributed by atoms with Crippen molar-refractivity contribution in [2.75, 3.05) is 26.6 Å². The number of benzene rings is 3. The molecule has 5 rings (SSSR count). The molecule has 9 nitrogen and oxygen atoms in total. The van der Waals surface area contributed by atoms with Crippen LogP contribution in [-0.2, 0) is 5.41 Å². The first-order valence-corrected chi connectivity index (χ1v) is 13.6. The van der Waals surface area contributed by atoms with Crippen molar-refractivity contribution in [1.29, 1.82) is 0 Å². The third kappa shape index (κ3) is 5.64. The Bertz CT molecular complexity index is 1550. The number of hydrogen-bond acceptors (Lipinski definition) is 8. The number of halogens is 1. The SMILES string of the molecule is COc1ccc(C(C)(C)c2cnc(SCCOc3ccc(-c4nn[nH]n4)cc3)n2-c2ccc(F)cc2)cc1OC. The molecular weight excluding hydrogens is 531 g/mol. The molecule has 0 amide bonds. The quantitative estimate of drug-likeness (QED) is 0.162. The Morgan fingerprint density at radius 3 is 2.38 bits per heavy atom. The summed E-state index contributed by atoms with van der Waals surface area (Å²) in [5.74, 6) is 2.94. The highest BCUT2D eigenvalue weighted by Gasteiger charge is 2.30. The molecular formula is C29H29FN6O3S. The number of imidazole rings is 1.